The summed E-state index contributed by atoms with van der Waals surface area (Å²) in [6, 6.07) is 0.762. The van der Waals surface area contributed by atoms with Crippen LogP contribution in [0.15, 0.2) is 12.2 Å². The van der Waals surface area contributed by atoms with E-state index in [9.17, 15) is 0 Å². The molecule has 0 heterocycles. The van der Waals surface area contributed by atoms with E-state index in [1.807, 2.05) is 0 Å². The molecule has 0 aromatic rings. The summed E-state index contributed by atoms with van der Waals surface area (Å²) in [7, 11) is 4.55. The monoisotopic (exact) mass is 262 g/mol. The number of fused-ring (bicyclic) bond motifs is 1. The van der Waals surface area contributed by atoms with Gasteiger partial charge in [-0.25, -0.2) is 0 Å². The molecule has 0 bridgehead atoms. The molecular weight excluding hydrogens is 232 g/mol. The molecule has 0 aliphatic heterocycles. The van der Waals surface area contributed by atoms with Crippen LogP contribution < -0.4 is 5.32 Å². The Morgan fingerprint density at radius 3 is 2.89 bits per heavy atom. The first kappa shape index (κ1) is 13.6. The number of hydrogen-bond donors (Lipinski definition) is 1. The highest BCUT2D eigenvalue weighted by atomic mass is 15.2. The molecule has 2 saturated carbocycles. The lowest BCUT2D eigenvalue weighted by Crippen LogP contribution is -2.58. The Balaban J connectivity index is 1.58. The molecule has 2 nitrogen and oxygen atoms in total. The van der Waals surface area contributed by atoms with Crippen molar-refractivity contribution in [3.8, 4) is 0 Å². The first-order valence-electron chi connectivity index (χ1n) is 8.18. The van der Waals surface area contributed by atoms with Crippen LogP contribution >= 0.6 is 0 Å². The van der Waals surface area contributed by atoms with Crippen LogP contribution in [0.3, 0.4) is 0 Å². The molecule has 3 aliphatic rings. The lowest BCUT2D eigenvalue weighted by Gasteiger charge is -2.48. The fourth-order valence-corrected chi connectivity index (χ4v) is 4.63. The molecule has 3 rings (SSSR count). The fourth-order valence-electron chi connectivity index (χ4n) is 4.63. The number of rotatable bonds is 4. The van der Waals surface area contributed by atoms with Gasteiger partial charge in [0.2, 0.25) is 0 Å². The van der Waals surface area contributed by atoms with Crippen LogP contribution in [-0.2, 0) is 0 Å². The highest BCUT2D eigenvalue weighted by Crippen LogP contribution is 2.43. The molecule has 0 radical (unpaired) electrons. The van der Waals surface area contributed by atoms with Gasteiger partial charge in [-0.05, 0) is 57.5 Å². The van der Waals surface area contributed by atoms with Crippen molar-refractivity contribution in [1.29, 1.82) is 0 Å². The molecule has 0 spiro atoms. The molecule has 1 N–H and O–H groups in total. The van der Waals surface area contributed by atoms with E-state index in [0.29, 0.717) is 5.54 Å². The van der Waals surface area contributed by atoms with Gasteiger partial charge < -0.3 is 10.2 Å². The van der Waals surface area contributed by atoms with Crippen molar-refractivity contribution in [3.63, 3.8) is 0 Å². The predicted molar refractivity (Wildman–Crippen MR) is 81.2 cm³/mol. The van der Waals surface area contributed by atoms with E-state index in [2.05, 4.69) is 43.4 Å². The molecule has 5 unspecified atom stereocenters. The van der Waals surface area contributed by atoms with Crippen LogP contribution in [0, 0.1) is 17.8 Å². The van der Waals surface area contributed by atoms with Gasteiger partial charge in [-0.1, -0.05) is 31.9 Å². The maximum atomic E-state index is 3.91. The molecule has 0 amide bonds. The second-order valence-electron chi connectivity index (χ2n) is 7.54. The molecular formula is C17H30N2. The van der Waals surface area contributed by atoms with Crippen molar-refractivity contribution in [1.82, 2.24) is 10.2 Å². The highest BCUT2D eigenvalue weighted by Gasteiger charge is 2.43. The molecule has 0 aromatic carbocycles. The van der Waals surface area contributed by atoms with Crippen molar-refractivity contribution >= 4 is 0 Å². The Labute approximate surface area is 118 Å². The first-order chi connectivity index (χ1) is 9.11. The number of nitrogens with zero attached hydrogens (tertiary/aromatic N) is 1. The Bertz CT molecular complexity index is 349. The van der Waals surface area contributed by atoms with Crippen LogP contribution in [-0.4, -0.2) is 37.1 Å². The predicted octanol–water partition coefficient (Wildman–Crippen LogP) is 3.05. The van der Waals surface area contributed by atoms with E-state index in [-0.39, 0.29) is 0 Å². The van der Waals surface area contributed by atoms with E-state index in [1.165, 1.54) is 45.1 Å². The summed E-state index contributed by atoms with van der Waals surface area (Å²) in [6.45, 7) is 3.61. The van der Waals surface area contributed by atoms with E-state index in [4.69, 9.17) is 0 Å². The van der Waals surface area contributed by atoms with Crippen LogP contribution in [0.5, 0.6) is 0 Å². The van der Waals surface area contributed by atoms with Crippen molar-refractivity contribution in [3.05, 3.63) is 12.2 Å². The zero-order chi connectivity index (χ0) is 13.5. The van der Waals surface area contributed by atoms with Crippen molar-refractivity contribution in [2.45, 2.75) is 57.0 Å². The number of nitrogens with one attached hydrogen (secondary N) is 1. The molecule has 2 fully saturated rings. The second-order valence-corrected chi connectivity index (χ2v) is 7.54. The molecule has 3 aliphatic carbocycles. The van der Waals surface area contributed by atoms with Gasteiger partial charge in [-0.3, -0.25) is 0 Å². The summed E-state index contributed by atoms with van der Waals surface area (Å²) < 4.78 is 0. The minimum Gasteiger partial charge on any atom is -0.312 e. The Kier molecular flexibility index (Phi) is 3.74. The summed E-state index contributed by atoms with van der Waals surface area (Å²) in [4.78, 5) is 2.50. The molecule has 0 aromatic heterocycles. The quantitative estimate of drug-likeness (QED) is 0.783. The summed E-state index contributed by atoms with van der Waals surface area (Å²) in [5.41, 5.74) is 0.408. The number of likely N-dealkylation sites (N-methyl/N-ethyl adjacent to an activating group) is 1. The van der Waals surface area contributed by atoms with Gasteiger partial charge in [-0.15, -0.1) is 0 Å². The maximum Gasteiger partial charge on any atom is 0.0330 e. The van der Waals surface area contributed by atoms with E-state index in [1.54, 1.807) is 0 Å². The van der Waals surface area contributed by atoms with Crippen LogP contribution in [0.4, 0.5) is 0 Å². The smallest absolute Gasteiger partial charge is 0.0330 e. The van der Waals surface area contributed by atoms with E-state index < -0.39 is 0 Å². The van der Waals surface area contributed by atoms with E-state index >= 15 is 0 Å². The maximum absolute atomic E-state index is 3.91. The van der Waals surface area contributed by atoms with Gasteiger partial charge in [0, 0.05) is 18.1 Å². The summed E-state index contributed by atoms with van der Waals surface area (Å²) >= 11 is 0. The van der Waals surface area contributed by atoms with Crippen molar-refractivity contribution < 1.29 is 0 Å². The summed E-state index contributed by atoms with van der Waals surface area (Å²) in [6.07, 6.45) is 13.1. The van der Waals surface area contributed by atoms with Crippen molar-refractivity contribution in [2.75, 3.05) is 20.6 Å². The third-order valence-corrected chi connectivity index (χ3v) is 6.07. The molecule has 5 atom stereocenters. The molecule has 2 heteroatoms. The minimum absolute atomic E-state index is 0.408. The van der Waals surface area contributed by atoms with Gasteiger partial charge in [0.25, 0.3) is 0 Å². The average molecular weight is 262 g/mol. The molecule has 108 valence electrons. The first-order valence-corrected chi connectivity index (χ1v) is 8.18. The van der Waals surface area contributed by atoms with Crippen LogP contribution in [0.25, 0.3) is 0 Å². The SMILES string of the molecule is CC1CCCC(CNC2CC3CC=CC32)(N(C)C)C1. The van der Waals surface area contributed by atoms with Crippen LogP contribution in [0.2, 0.25) is 0 Å². The number of allylic oxidation sites excluding steroid dienone is 1. The summed E-state index contributed by atoms with van der Waals surface area (Å²) in [5, 5.41) is 3.91. The lowest BCUT2D eigenvalue weighted by molar-refractivity contribution is 0.0578. The Hall–Kier alpha value is -0.340. The van der Waals surface area contributed by atoms with E-state index in [0.717, 1.165) is 23.8 Å². The Morgan fingerprint density at radius 1 is 1.37 bits per heavy atom. The minimum atomic E-state index is 0.408. The van der Waals surface area contributed by atoms with Gasteiger partial charge in [-0.2, -0.15) is 0 Å². The molecule has 0 saturated heterocycles. The molecule has 19 heavy (non-hydrogen) atoms. The zero-order valence-corrected chi connectivity index (χ0v) is 12.9. The van der Waals surface area contributed by atoms with Gasteiger partial charge in [0.15, 0.2) is 0 Å². The normalized spacial score (nSPS) is 45.3. The highest BCUT2D eigenvalue weighted by molar-refractivity contribution is 5.13. The number of hydrogen-bond acceptors (Lipinski definition) is 2. The van der Waals surface area contributed by atoms with Gasteiger partial charge in [0.05, 0.1) is 0 Å². The standard InChI is InChI=1S/C17H30N2/c1-13-6-5-9-17(11-13,19(2)3)12-18-16-10-14-7-4-8-15(14)16/h4,8,13-16,18H,5-7,9-12H2,1-3H3. The lowest BCUT2D eigenvalue weighted by atomic mass is 9.70. The topological polar surface area (TPSA) is 15.3 Å². The van der Waals surface area contributed by atoms with Crippen LogP contribution in [0.1, 0.15) is 45.4 Å². The third kappa shape index (κ3) is 2.50. The zero-order valence-electron chi connectivity index (χ0n) is 12.9. The fraction of sp³-hybridized carbons (Fsp3) is 0.882. The van der Waals surface area contributed by atoms with Crippen molar-refractivity contribution in [2.24, 2.45) is 17.8 Å². The Morgan fingerprint density at radius 2 is 2.21 bits per heavy atom. The second kappa shape index (κ2) is 5.21. The summed E-state index contributed by atoms with van der Waals surface area (Å²) in [5.74, 6) is 2.71. The largest absolute Gasteiger partial charge is 0.312 e. The van der Waals surface area contributed by atoms with Gasteiger partial charge >= 0.3 is 0 Å². The van der Waals surface area contributed by atoms with Gasteiger partial charge in [0.1, 0.15) is 0 Å². The average Bonchev–Trinajstić information content (AvgIpc) is 2.71. The third-order valence-electron chi connectivity index (χ3n) is 6.07.